The van der Waals surface area contributed by atoms with Crippen molar-refractivity contribution >= 4 is 21.8 Å². The number of carbonyl (C=O) groups is 1. The summed E-state index contributed by atoms with van der Waals surface area (Å²) in [6, 6.07) is 0. The molecule has 0 aromatic rings. The highest BCUT2D eigenvalue weighted by molar-refractivity contribution is 9.09. The largest absolute Gasteiger partial charge is 0.383 e. The first-order valence-corrected chi connectivity index (χ1v) is 7.06. The molecule has 0 aliphatic rings. The van der Waals surface area contributed by atoms with Crippen molar-refractivity contribution in [1.82, 2.24) is 4.90 Å². The topological polar surface area (TPSA) is 29.5 Å². The van der Waals surface area contributed by atoms with Gasteiger partial charge in [-0.1, -0.05) is 29.8 Å². The van der Waals surface area contributed by atoms with Gasteiger partial charge in [0.15, 0.2) is 0 Å². The van der Waals surface area contributed by atoms with Gasteiger partial charge in [-0.25, -0.2) is 0 Å². The zero-order chi connectivity index (χ0) is 12.4. The Morgan fingerprint density at radius 1 is 1.38 bits per heavy atom. The van der Waals surface area contributed by atoms with E-state index in [0.717, 1.165) is 24.7 Å². The van der Waals surface area contributed by atoms with E-state index in [0.29, 0.717) is 25.5 Å². The second-order valence-corrected chi connectivity index (χ2v) is 5.17. The summed E-state index contributed by atoms with van der Waals surface area (Å²) in [6.45, 7) is 6.42. The van der Waals surface area contributed by atoms with E-state index < -0.39 is 0 Å². The molecule has 1 amide bonds. The molecular formula is C12H24BrNO2. The fourth-order valence-electron chi connectivity index (χ4n) is 1.49. The average Bonchev–Trinajstić information content (AvgIpc) is 2.23. The summed E-state index contributed by atoms with van der Waals surface area (Å²) in [5.41, 5.74) is 0. The lowest BCUT2D eigenvalue weighted by atomic mass is 10.2. The molecule has 0 atom stereocenters. The van der Waals surface area contributed by atoms with Crippen molar-refractivity contribution < 1.29 is 9.53 Å². The summed E-state index contributed by atoms with van der Waals surface area (Å²) in [7, 11) is 1.67. The van der Waals surface area contributed by atoms with Crippen LogP contribution in [-0.4, -0.2) is 42.9 Å². The molecule has 96 valence electrons. The summed E-state index contributed by atoms with van der Waals surface area (Å²) in [4.78, 5) is 13.8. The number of rotatable bonds is 9. The van der Waals surface area contributed by atoms with Crippen LogP contribution in [0.3, 0.4) is 0 Å². The van der Waals surface area contributed by atoms with Crippen molar-refractivity contribution in [2.24, 2.45) is 5.92 Å². The molecule has 4 heteroatoms. The standard InChI is InChI=1S/C12H24BrNO2/c1-11(2)10-14(8-9-16-3)12(15)6-4-5-7-13/h11H,4-10H2,1-3H3. The van der Waals surface area contributed by atoms with Crippen molar-refractivity contribution in [3.8, 4) is 0 Å². The van der Waals surface area contributed by atoms with Crippen LogP contribution in [0.15, 0.2) is 0 Å². The van der Waals surface area contributed by atoms with Crippen LogP contribution in [0.1, 0.15) is 33.1 Å². The summed E-state index contributed by atoms with van der Waals surface area (Å²) < 4.78 is 5.03. The third-order valence-electron chi connectivity index (χ3n) is 2.28. The highest BCUT2D eigenvalue weighted by Gasteiger charge is 2.13. The van der Waals surface area contributed by atoms with Gasteiger partial charge in [0.2, 0.25) is 5.91 Å². The van der Waals surface area contributed by atoms with Gasteiger partial charge in [0.05, 0.1) is 6.61 Å². The van der Waals surface area contributed by atoms with Crippen molar-refractivity contribution in [1.29, 1.82) is 0 Å². The Bertz CT molecular complexity index is 186. The van der Waals surface area contributed by atoms with Crippen LogP contribution in [0.2, 0.25) is 0 Å². The summed E-state index contributed by atoms with van der Waals surface area (Å²) in [6.07, 6.45) is 2.68. The van der Waals surface area contributed by atoms with Crippen LogP contribution in [0, 0.1) is 5.92 Å². The SMILES string of the molecule is COCCN(CC(C)C)C(=O)CCCCBr. The minimum absolute atomic E-state index is 0.256. The minimum Gasteiger partial charge on any atom is -0.383 e. The van der Waals surface area contributed by atoms with E-state index in [1.54, 1.807) is 7.11 Å². The lowest BCUT2D eigenvalue weighted by molar-refractivity contribution is -0.132. The minimum atomic E-state index is 0.256. The molecule has 0 aromatic heterocycles. The van der Waals surface area contributed by atoms with Gasteiger partial charge >= 0.3 is 0 Å². The van der Waals surface area contributed by atoms with Crippen molar-refractivity contribution in [3.63, 3.8) is 0 Å². The molecule has 0 N–H and O–H groups in total. The van der Waals surface area contributed by atoms with Crippen LogP contribution in [0.4, 0.5) is 0 Å². The van der Waals surface area contributed by atoms with Gasteiger partial charge < -0.3 is 9.64 Å². The smallest absolute Gasteiger partial charge is 0.222 e. The number of alkyl halides is 1. The number of unbranched alkanes of at least 4 members (excludes halogenated alkanes) is 1. The highest BCUT2D eigenvalue weighted by Crippen LogP contribution is 2.05. The second-order valence-electron chi connectivity index (χ2n) is 4.37. The summed E-state index contributed by atoms with van der Waals surface area (Å²) in [5.74, 6) is 0.767. The molecule has 0 unspecified atom stereocenters. The third-order valence-corrected chi connectivity index (χ3v) is 2.84. The van der Waals surface area contributed by atoms with E-state index in [1.165, 1.54) is 0 Å². The Balaban J connectivity index is 3.99. The molecule has 0 heterocycles. The second kappa shape index (κ2) is 10.1. The predicted octanol–water partition coefficient (Wildman–Crippen LogP) is 2.68. The van der Waals surface area contributed by atoms with Gasteiger partial charge in [0, 0.05) is 32.0 Å². The van der Waals surface area contributed by atoms with Crippen LogP contribution in [0.25, 0.3) is 0 Å². The fourth-order valence-corrected chi connectivity index (χ4v) is 1.89. The van der Waals surface area contributed by atoms with E-state index in [9.17, 15) is 4.79 Å². The Labute approximate surface area is 108 Å². The van der Waals surface area contributed by atoms with E-state index in [4.69, 9.17) is 4.74 Å². The maximum atomic E-state index is 11.9. The monoisotopic (exact) mass is 293 g/mol. The van der Waals surface area contributed by atoms with E-state index in [-0.39, 0.29) is 5.91 Å². The van der Waals surface area contributed by atoms with Gasteiger partial charge in [-0.3, -0.25) is 4.79 Å². The number of amides is 1. The lowest BCUT2D eigenvalue weighted by Crippen LogP contribution is -2.36. The van der Waals surface area contributed by atoms with Gasteiger partial charge in [0.25, 0.3) is 0 Å². The number of methoxy groups -OCH3 is 1. The molecule has 0 saturated heterocycles. The number of halogens is 1. The first-order chi connectivity index (χ1) is 7.61. The van der Waals surface area contributed by atoms with Gasteiger partial charge in [-0.05, 0) is 18.8 Å². The molecule has 0 radical (unpaired) electrons. The molecule has 16 heavy (non-hydrogen) atoms. The molecule has 0 bridgehead atoms. The van der Waals surface area contributed by atoms with E-state index >= 15 is 0 Å². The van der Waals surface area contributed by atoms with Gasteiger partial charge in [-0.15, -0.1) is 0 Å². The number of ether oxygens (including phenoxy) is 1. The Kier molecular flexibility index (Phi) is 10.0. The summed E-state index contributed by atoms with van der Waals surface area (Å²) >= 11 is 3.37. The van der Waals surface area contributed by atoms with Crippen LogP contribution < -0.4 is 0 Å². The number of nitrogens with zero attached hydrogens (tertiary/aromatic N) is 1. The number of hydrogen-bond donors (Lipinski definition) is 0. The average molecular weight is 294 g/mol. The first-order valence-electron chi connectivity index (χ1n) is 5.94. The maximum absolute atomic E-state index is 11.9. The molecule has 0 saturated carbocycles. The molecular weight excluding hydrogens is 270 g/mol. The highest BCUT2D eigenvalue weighted by atomic mass is 79.9. The Hall–Kier alpha value is -0.0900. The van der Waals surface area contributed by atoms with Crippen molar-refractivity contribution in [2.75, 3.05) is 32.1 Å². The summed E-state index contributed by atoms with van der Waals surface area (Å²) in [5, 5.41) is 0.975. The van der Waals surface area contributed by atoms with Gasteiger partial charge in [-0.2, -0.15) is 0 Å². The first kappa shape index (κ1) is 15.9. The zero-order valence-corrected chi connectivity index (χ0v) is 12.3. The van der Waals surface area contributed by atoms with E-state index in [2.05, 4.69) is 29.8 Å². The molecule has 3 nitrogen and oxygen atoms in total. The molecule has 0 spiro atoms. The van der Waals surface area contributed by atoms with Crippen molar-refractivity contribution in [3.05, 3.63) is 0 Å². The normalized spacial score (nSPS) is 10.8. The van der Waals surface area contributed by atoms with Crippen LogP contribution in [-0.2, 0) is 9.53 Å². The molecule has 0 fully saturated rings. The van der Waals surface area contributed by atoms with Crippen molar-refractivity contribution in [2.45, 2.75) is 33.1 Å². The Morgan fingerprint density at radius 3 is 2.56 bits per heavy atom. The van der Waals surface area contributed by atoms with Gasteiger partial charge in [0.1, 0.15) is 0 Å². The fraction of sp³-hybridized carbons (Fsp3) is 0.917. The molecule has 0 rings (SSSR count). The maximum Gasteiger partial charge on any atom is 0.222 e. The number of carbonyl (C=O) groups excluding carboxylic acids is 1. The van der Waals surface area contributed by atoms with Crippen LogP contribution in [0.5, 0.6) is 0 Å². The van der Waals surface area contributed by atoms with Crippen LogP contribution >= 0.6 is 15.9 Å². The zero-order valence-electron chi connectivity index (χ0n) is 10.7. The molecule has 0 aromatic carbocycles. The lowest BCUT2D eigenvalue weighted by Gasteiger charge is -2.24. The van der Waals surface area contributed by atoms with E-state index in [1.807, 2.05) is 4.90 Å². The molecule has 0 aliphatic carbocycles. The molecule has 0 aliphatic heterocycles. The third kappa shape index (κ3) is 8.11. The predicted molar refractivity (Wildman–Crippen MR) is 70.9 cm³/mol. The number of hydrogen-bond acceptors (Lipinski definition) is 2. The Morgan fingerprint density at radius 2 is 2.06 bits per heavy atom. The quantitative estimate of drug-likeness (QED) is 0.483.